The van der Waals surface area contributed by atoms with Crippen molar-refractivity contribution in [3.8, 4) is 16.9 Å². The highest BCUT2D eigenvalue weighted by molar-refractivity contribution is 5.94. The highest BCUT2D eigenvalue weighted by atomic mass is 16.5. The van der Waals surface area contributed by atoms with Crippen LogP contribution >= 0.6 is 0 Å². The van der Waals surface area contributed by atoms with Crippen molar-refractivity contribution in [2.75, 3.05) is 11.9 Å². The molecular weight excluding hydrogens is 474 g/mol. The van der Waals surface area contributed by atoms with Gasteiger partial charge >= 0.3 is 5.97 Å². The molecule has 190 valence electrons. The summed E-state index contributed by atoms with van der Waals surface area (Å²) >= 11 is 0. The molecule has 5 heteroatoms. The molecule has 1 amide bonds. The summed E-state index contributed by atoms with van der Waals surface area (Å²) in [6, 6.07) is 34.0. The number of carbonyl (C=O) groups excluding carboxylic acids is 1. The monoisotopic (exact) mass is 503 g/mol. The maximum absolute atomic E-state index is 12.4. The zero-order chi connectivity index (χ0) is 26.1. The van der Waals surface area contributed by atoms with Gasteiger partial charge < -0.3 is 15.2 Å². The predicted octanol–water partition coefficient (Wildman–Crippen LogP) is 6.52. The van der Waals surface area contributed by atoms with E-state index in [-0.39, 0.29) is 23.7 Å². The maximum atomic E-state index is 12.4. The van der Waals surface area contributed by atoms with E-state index in [0.29, 0.717) is 13.0 Å². The minimum atomic E-state index is -0.769. The first kappa shape index (κ1) is 24.0. The topological polar surface area (TPSA) is 75.6 Å². The molecule has 0 spiro atoms. The molecule has 6 rings (SSSR count). The van der Waals surface area contributed by atoms with Crippen molar-refractivity contribution in [2.24, 2.45) is 11.8 Å². The molecule has 1 aliphatic carbocycles. The molecule has 2 atom stereocenters. The van der Waals surface area contributed by atoms with Gasteiger partial charge in [-0.15, -0.1) is 0 Å². The zero-order valence-electron chi connectivity index (χ0n) is 20.9. The molecule has 2 N–H and O–H groups in total. The van der Waals surface area contributed by atoms with Crippen LogP contribution in [-0.4, -0.2) is 23.6 Å². The number of benzene rings is 4. The average Bonchev–Trinajstić information content (AvgIpc) is 2.93. The molecule has 0 bridgehead atoms. The third kappa shape index (κ3) is 4.56. The number of ether oxygens (including phenoxy) is 1. The number of aryl methyl sites for hydroxylation is 1. The fourth-order valence-corrected chi connectivity index (χ4v) is 6.13. The van der Waals surface area contributed by atoms with Crippen LogP contribution in [0.2, 0.25) is 0 Å². The molecule has 1 aliphatic heterocycles. The largest absolute Gasteiger partial charge is 0.493 e. The SMILES string of the molecule is O=C1CCc2cc(-c3cccc(OCC4[C@H](c5ccccc5)C(C(=O)O)[C@H]4c4ccccc4)c3)ccc2N1. The second kappa shape index (κ2) is 10.2. The molecule has 4 aromatic carbocycles. The second-order valence-corrected chi connectivity index (χ2v) is 10.2. The summed E-state index contributed by atoms with van der Waals surface area (Å²) in [4.78, 5) is 24.1. The lowest BCUT2D eigenvalue weighted by Gasteiger charge is -2.50. The Hall–Kier alpha value is -4.38. The van der Waals surface area contributed by atoms with Gasteiger partial charge in [0.25, 0.3) is 0 Å². The van der Waals surface area contributed by atoms with Crippen LogP contribution in [0.15, 0.2) is 103 Å². The van der Waals surface area contributed by atoms with E-state index in [0.717, 1.165) is 45.7 Å². The van der Waals surface area contributed by atoms with E-state index >= 15 is 0 Å². The summed E-state index contributed by atoms with van der Waals surface area (Å²) < 4.78 is 6.38. The Balaban J connectivity index is 1.26. The zero-order valence-corrected chi connectivity index (χ0v) is 20.9. The lowest BCUT2D eigenvalue weighted by atomic mass is 9.53. The van der Waals surface area contributed by atoms with Gasteiger partial charge in [-0.2, -0.15) is 0 Å². The number of carbonyl (C=O) groups is 2. The number of hydrogen-bond donors (Lipinski definition) is 2. The molecule has 0 saturated heterocycles. The Morgan fingerprint density at radius 2 is 1.45 bits per heavy atom. The van der Waals surface area contributed by atoms with Crippen molar-refractivity contribution >= 4 is 17.6 Å². The van der Waals surface area contributed by atoms with Crippen LogP contribution in [0.5, 0.6) is 5.75 Å². The van der Waals surface area contributed by atoms with Gasteiger partial charge in [-0.25, -0.2) is 0 Å². The lowest BCUT2D eigenvalue weighted by Crippen LogP contribution is -2.49. The second-order valence-electron chi connectivity index (χ2n) is 10.2. The highest BCUT2D eigenvalue weighted by Gasteiger charge is 2.55. The quantitative estimate of drug-likeness (QED) is 0.301. The number of fused-ring (bicyclic) bond motifs is 1. The van der Waals surface area contributed by atoms with Gasteiger partial charge in [0.2, 0.25) is 5.91 Å². The van der Waals surface area contributed by atoms with Crippen molar-refractivity contribution in [3.05, 3.63) is 120 Å². The molecule has 1 saturated carbocycles. The Bertz CT molecular complexity index is 1420. The fraction of sp³-hybridized carbons (Fsp3) is 0.212. The van der Waals surface area contributed by atoms with E-state index in [9.17, 15) is 14.7 Å². The number of aliphatic carboxylic acids is 1. The molecular formula is C33H29NO4. The van der Waals surface area contributed by atoms with Gasteiger partial charge in [0.15, 0.2) is 0 Å². The average molecular weight is 504 g/mol. The molecule has 1 fully saturated rings. The van der Waals surface area contributed by atoms with Gasteiger partial charge in [0.05, 0.1) is 12.5 Å². The number of anilines is 1. The van der Waals surface area contributed by atoms with Crippen LogP contribution in [0.4, 0.5) is 5.69 Å². The molecule has 0 radical (unpaired) electrons. The van der Waals surface area contributed by atoms with Crippen molar-refractivity contribution in [3.63, 3.8) is 0 Å². The molecule has 5 nitrogen and oxygen atoms in total. The van der Waals surface area contributed by atoms with E-state index in [1.807, 2.05) is 91.0 Å². The van der Waals surface area contributed by atoms with E-state index in [2.05, 4.69) is 17.4 Å². The van der Waals surface area contributed by atoms with E-state index in [4.69, 9.17) is 4.74 Å². The first-order valence-electron chi connectivity index (χ1n) is 13.1. The summed E-state index contributed by atoms with van der Waals surface area (Å²) in [7, 11) is 0. The Labute approximate surface area is 222 Å². The standard InChI is InChI=1S/C33H29NO4/c35-29-17-15-25-18-24(14-16-28(25)34-29)23-12-7-13-26(19-23)38-20-27-30(21-8-3-1-4-9-21)32(33(36)37)31(27)22-10-5-2-6-11-22/h1-14,16,18-19,27,30-32H,15,17,20H2,(H,34,35)(H,36,37)/t27?,30-,31-,32?/m0/s1. The summed E-state index contributed by atoms with van der Waals surface area (Å²) in [5.41, 5.74) is 6.21. The van der Waals surface area contributed by atoms with Crippen molar-refractivity contribution in [2.45, 2.75) is 24.7 Å². The van der Waals surface area contributed by atoms with Crippen LogP contribution in [-0.2, 0) is 16.0 Å². The third-order valence-electron chi connectivity index (χ3n) is 7.96. The van der Waals surface area contributed by atoms with Gasteiger partial charge in [-0.3, -0.25) is 9.59 Å². The van der Waals surface area contributed by atoms with Crippen LogP contribution < -0.4 is 10.1 Å². The first-order valence-corrected chi connectivity index (χ1v) is 13.1. The summed E-state index contributed by atoms with van der Waals surface area (Å²) in [6.07, 6.45) is 1.24. The predicted molar refractivity (Wildman–Crippen MR) is 147 cm³/mol. The van der Waals surface area contributed by atoms with Gasteiger partial charge in [-0.1, -0.05) is 78.9 Å². The first-order chi connectivity index (χ1) is 18.6. The summed E-state index contributed by atoms with van der Waals surface area (Å²) in [5, 5.41) is 13.1. The van der Waals surface area contributed by atoms with Crippen LogP contribution in [0.1, 0.15) is 34.9 Å². The van der Waals surface area contributed by atoms with Crippen LogP contribution in [0.25, 0.3) is 11.1 Å². The van der Waals surface area contributed by atoms with Crippen molar-refractivity contribution in [1.82, 2.24) is 0 Å². The lowest BCUT2D eigenvalue weighted by molar-refractivity contribution is -0.150. The number of carboxylic acid groups (broad SMARTS) is 1. The normalized spacial score (nSPS) is 22.1. The number of amides is 1. The molecule has 4 aromatic rings. The van der Waals surface area contributed by atoms with Crippen molar-refractivity contribution in [1.29, 1.82) is 0 Å². The highest BCUT2D eigenvalue weighted by Crippen LogP contribution is 2.57. The number of rotatable bonds is 7. The van der Waals surface area contributed by atoms with Crippen LogP contribution in [0.3, 0.4) is 0 Å². The van der Waals surface area contributed by atoms with Gasteiger partial charge in [0, 0.05) is 29.9 Å². The third-order valence-corrected chi connectivity index (χ3v) is 7.96. The smallest absolute Gasteiger partial charge is 0.307 e. The Morgan fingerprint density at radius 1 is 0.789 bits per heavy atom. The van der Waals surface area contributed by atoms with E-state index in [1.54, 1.807) is 0 Å². The molecule has 1 heterocycles. The van der Waals surface area contributed by atoms with Gasteiger partial charge in [-0.05, 0) is 58.5 Å². The minimum absolute atomic E-state index is 0.0249. The Morgan fingerprint density at radius 3 is 2.11 bits per heavy atom. The minimum Gasteiger partial charge on any atom is -0.493 e. The molecule has 2 aliphatic rings. The van der Waals surface area contributed by atoms with Gasteiger partial charge in [0.1, 0.15) is 5.75 Å². The molecule has 38 heavy (non-hydrogen) atoms. The molecule has 0 aromatic heterocycles. The summed E-state index contributed by atoms with van der Waals surface area (Å²) in [6.45, 7) is 0.419. The number of carboxylic acids is 1. The van der Waals surface area contributed by atoms with Crippen molar-refractivity contribution < 1.29 is 19.4 Å². The van der Waals surface area contributed by atoms with E-state index in [1.165, 1.54) is 0 Å². The van der Waals surface area contributed by atoms with Crippen LogP contribution in [0, 0.1) is 11.8 Å². The Kier molecular flexibility index (Phi) is 6.42. The van der Waals surface area contributed by atoms with E-state index < -0.39 is 11.9 Å². The molecule has 0 unspecified atom stereocenters. The summed E-state index contributed by atoms with van der Waals surface area (Å²) in [5.74, 6) is -0.687. The fourth-order valence-electron chi connectivity index (χ4n) is 6.13. The number of nitrogens with one attached hydrogen (secondary N) is 1. The maximum Gasteiger partial charge on any atom is 0.307 e. The number of hydrogen-bond acceptors (Lipinski definition) is 3.